The first kappa shape index (κ1) is 43.2. The molecule has 1 saturated heterocycles. The minimum Gasteiger partial charge on any atom is -0.486 e. The van der Waals surface area contributed by atoms with E-state index in [1.165, 1.54) is 6.20 Å². The molecular formula is C40H49F4N5O10S. The first-order chi connectivity index (χ1) is 28.2. The summed E-state index contributed by atoms with van der Waals surface area (Å²) in [5.74, 6) is -3.00. The van der Waals surface area contributed by atoms with Gasteiger partial charge in [-0.15, -0.1) is 0 Å². The number of rotatable bonds is 8. The number of halogens is 4. The summed E-state index contributed by atoms with van der Waals surface area (Å²) in [5, 5.41) is 6.24. The molecule has 328 valence electrons. The molecule has 7 atom stereocenters. The smallest absolute Gasteiger partial charge is 0.427 e. The minimum atomic E-state index is -4.94. The highest BCUT2D eigenvalue weighted by Gasteiger charge is 2.64. The Morgan fingerprint density at radius 1 is 1.07 bits per heavy atom. The van der Waals surface area contributed by atoms with Crippen LogP contribution in [0.15, 0.2) is 36.5 Å². The maximum Gasteiger partial charge on any atom is 0.427 e. The molecule has 2 aromatic rings. The molecule has 4 amide bonds. The molecule has 0 bridgehead atoms. The molecular weight excluding hydrogens is 819 g/mol. The lowest BCUT2D eigenvalue weighted by Gasteiger charge is -2.34. The second-order valence-electron chi connectivity index (χ2n) is 17.1. The Kier molecular flexibility index (Phi) is 11.4. The maximum absolute atomic E-state index is 14.8. The number of benzene rings is 1. The number of amides is 4. The Labute approximate surface area is 344 Å². The standard InChI is InChI=1S/C40H49F4N5O10S/c1-22-7-5-6-8-24-19-39(24,35(52)48-60(54,55)38(21-41)12-13-38)47-32(50)28-18-25(58-33-27-9-10-29-31(57-16-15-56-29)26(27)11-14-45-33)20-49(28)34(51)30(23(2)17-22)46-36(53)59-37(3,4)40(42,43)44/h6,8-11,14,22-25,28,30H,5,7,12-13,15-21H2,1-4H3,(H,46,53)(H,47,50)(H,48,52)/b8-6-/t22-,23-,24-,25-,28+,30+,39-/m1/s1. The van der Waals surface area contributed by atoms with E-state index in [0.29, 0.717) is 68.6 Å². The van der Waals surface area contributed by atoms with Crippen molar-refractivity contribution in [3.05, 3.63) is 36.5 Å². The number of alkyl carbamates (subject to hydrolysis) is 1. The fourth-order valence-electron chi connectivity index (χ4n) is 8.19. The van der Waals surface area contributed by atoms with Crippen LogP contribution < -0.4 is 29.6 Å². The highest BCUT2D eigenvalue weighted by Crippen LogP contribution is 2.48. The van der Waals surface area contributed by atoms with Gasteiger partial charge in [-0.1, -0.05) is 26.0 Å². The van der Waals surface area contributed by atoms with Crippen LogP contribution in [0.2, 0.25) is 0 Å². The number of alkyl halides is 4. The van der Waals surface area contributed by atoms with Crippen LogP contribution in [0.4, 0.5) is 22.4 Å². The molecule has 0 radical (unpaired) electrons. The first-order valence-electron chi connectivity index (χ1n) is 20.0. The SMILES string of the molecule is C[C@@H]1CC/C=C\[C@@H]2C[C@@]2(C(=O)NS(=O)(=O)C2(CF)CC2)NC(=O)[C@@H]2C[C@@H](Oc3nccc4c5c(ccc34)OCCO5)CN2C(=O)[C@@H](NC(=O)OC(C)(C)C(F)(F)F)[C@H](C)C1. The Hall–Kier alpha value is -4.88. The van der Waals surface area contributed by atoms with Gasteiger partial charge in [0.15, 0.2) is 11.5 Å². The summed E-state index contributed by atoms with van der Waals surface area (Å²) in [6.45, 7) is 4.13. The van der Waals surface area contributed by atoms with Gasteiger partial charge < -0.3 is 34.5 Å². The van der Waals surface area contributed by atoms with E-state index in [9.17, 15) is 45.2 Å². The van der Waals surface area contributed by atoms with E-state index in [1.807, 2.05) is 11.6 Å². The van der Waals surface area contributed by atoms with Crippen LogP contribution in [-0.4, -0.2) is 109 Å². The van der Waals surface area contributed by atoms with Gasteiger partial charge in [-0.05, 0) is 82.4 Å². The van der Waals surface area contributed by atoms with E-state index in [4.69, 9.17) is 18.9 Å². The predicted molar refractivity (Wildman–Crippen MR) is 206 cm³/mol. The van der Waals surface area contributed by atoms with Gasteiger partial charge >= 0.3 is 12.3 Å². The van der Waals surface area contributed by atoms with Crippen LogP contribution >= 0.6 is 0 Å². The van der Waals surface area contributed by atoms with E-state index >= 15 is 0 Å². The van der Waals surface area contributed by atoms with E-state index in [-0.39, 0.29) is 44.0 Å². The van der Waals surface area contributed by atoms with E-state index in [2.05, 4.69) is 15.6 Å². The van der Waals surface area contributed by atoms with E-state index in [1.54, 1.807) is 37.3 Å². The number of hydrogen-bond donors (Lipinski definition) is 3. The number of pyridine rings is 1. The van der Waals surface area contributed by atoms with Crippen molar-refractivity contribution >= 4 is 44.6 Å². The summed E-state index contributed by atoms with van der Waals surface area (Å²) in [6, 6.07) is 2.26. The number of carbonyl (C=O) groups is 4. The van der Waals surface area contributed by atoms with Crippen molar-refractivity contribution in [2.24, 2.45) is 17.8 Å². The van der Waals surface area contributed by atoms with Crippen molar-refractivity contribution < 1.29 is 64.1 Å². The molecule has 3 fully saturated rings. The third kappa shape index (κ3) is 8.27. The van der Waals surface area contributed by atoms with Crippen LogP contribution in [0.3, 0.4) is 0 Å². The summed E-state index contributed by atoms with van der Waals surface area (Å²) >= 11 is 0. The van der Waals surface area contributed by atoms with Crippen LogP contribution in [0, 0.1) is 17.8 Å². The number of fused-ring (bicyclic) bond motifs is 5. The third-order valence-corrected chi connectivity index (χ3v) is 14.4. The molecule has 1 aromatic heterocycles. The number of hydrogen-bond acceptors (Lipinski definition) is 11. The molecule has 2 aliphatic carbocycles. The maximum atomic E-state index is 14.8. The van der Waals surface area contributed by atoms with Gasteiger partial charge in [0.05, 0.1) is 6.54 Å². The lowest BCUT2D eigenvalue weighted by atomic mass is 9.88. The highest BCUT2D eigenvalue weighted by atomic mass is 32.2. The average Bonchev–Trinajstić information content (AvgIpc) is 4.09. The lowest BCUT2D eigenvalue weighted by molar-refractivity contribution is -0.244. The number of sulfonamides is 1. The zero-order chi connectivity index (χ0) is 43.4. The van der Waals surface area contributed by atoms with Crippen molar-refractivity contribution in [1.82, 2.24) is 25.2 Å². The molecule has 5 aliphatic rings. The zero-order valence-electron chi connectivity index (χ0n) is 33.6. The summed E-state index contributed by atoms with van der Waals surface area (Å²) in [7, 11) is -4.47. The fraction of sp³-hybridized carbons (Fsp3) is 0.625. The van der Waals surface area contributed by atoms with Gasteiger partial charge in [0, 0.05) is 29.3 Å². The Balaban J connectivity index is 1.23. The topological polar surface area (TPSA) is 192 Å². The molecule has 0 spiro atoms. The van der Waals surface area contributed by atoms with Crippen molar-refractivity contribution in [2.45, 2.75) is 113 Å². The molecule has 60 heavy (non-hydrogen) atoms. The van der Waals surface area contributed by atoms with Crippen LogP contribution in [0.25, 0.3) is 10.8 Å². The van der Waals surface area contributed by atoms with E-state index in [0.717, 1.165) is 4.90 Å². The number of ether oxygens (including phenoxy) is 4. The molecule has 20 heteroatoms. The largest absolute Gasteiger partial charge is 0.486 e. The van der Waals surface area contributed by atoms with E-state index < -0.39 is 92.6 Å². The quantitative estimate of drug-likeness (QED) is 0.248. The zero-order valence-corrected chi connectivity index (χ0v) is 34.4. The Morgan fingerprint density at radius 2 is 1.80 bits per heavy atom. The lowest BCUT2D eigenvalue weighted by Crippen LogP contribution is -2.60. The molecule has 3 N–H and O–H groups in total. The molecule has 7 rings (SSSR count). The molecule has 0 unspecified atom stereocenters. The number of carbonyl (C=O) groups excluding carboxylic acids is 4. The normalized spacial score (nSPS) is 29.8. The average molecular weight is 868 g/mol. The second-order valence-corrected chi connectivity index (χ2v) is 19.2. The first-order valence-corrected chi connectivity index (χ1v) is 21.5. The number of allylic oxidation sites excluding steroid dienone is 1. The van der Waals surface area contributed by atoms with Gasteiger partial charge in [-0.2, -0.15) is 13.2 Å². The number of aromatic nitrogens is 1. The third-order valence-electron chi connectivity index (χ3n) is 12.3. The summed E-state index contributed by atoms with van der Waals surface area (Å²) in [6.07, 6.45) is -1.08. The fourth-order valence-corrected chi connectivity index (χ4v) is 9.61. The predicted octanol–water partition coefficient (Wildman–Crippen LogP) is 4.63. The van der Waals surface area contributed by atoms with Crippen molar-refractivity contribution in [1.29, 1.82) is 0 Å². The summed E-state index contributed by atoms with van der Waals surface area (Å²) in [5.41, 5.74) is -4.69. The van der Waals surface area contributed by atoms with Crippen LogP contribution in [-0.2, 0) is 29.1 Å². The molecule has 15 nitrogen and oxygen atoms in total. The van der Waals surface area contributed by atoms with Crippen LogP contribution in [0.5, 0.6) is 17.4 Å². The highest BCUT2D eigenvalue weighted by molar-refractivity contribution is 7.91. The molecule has 1 aromatic carbocycles. The minimum absolute atomic E-state index is 0.00739. The van der Waals surface area contributed by atoms with Crippen molar-refractivity contribution in [2.75, 3.05) is 26.4 Å². The van der Waals surface area contributed by atoms with Crippen molar-refractivity contribution in [3.8, 4) is 17.4 Å². The van der Waals surface area contributed by atoms with Gasteiger partial charge in [-0.3, -0.25) is 19.1 Å². The van der Waals surface area contributed by atoms with Gasteiger partial charge in [0.25, 0.3) is 5.91 Å². The van der Waals surface area contributed by atoms with Gasteiger partial charge in [0.1, 0.15) is 48.4 Å². The Bertz CT molecular complexity index is 2180. The molecule has 2 saturated carbocycles. The summed E-state index contributed by atoms with van der Waals surface area (Å²) in [4.78, 5) is 62.0. The molecule has 4 heterocycles. The monoisotopic (exact) mass is 867 g/mol. The Morgan fingerprint density at radius 3 is 2.50 bits per heavy atom. The van der Waals surface area contributed by atoms with Gasteiger partial charge in [0.2, 0.25) is 33.3 Å². The van der Waals surface area contributed by atoms with Crippen molar-refractivity contribution in [3.63, 3.8) is 0 Å². The number of nitrogens with zero attached hydrogens (tertiary/aromatic N) is 2. The van der Waals surface area contributed by atoms with Crippen LogP contribution in [0.1, 0.15) is 72.6 Å². The van der Waals surface area contributed by atoms with Gasteiger partial charge in [-0.25, -0.2) is 22.6 Å². The summed E-state index contributed by atoms with van der Waals surface area (Å²) < 4.78 is 105. The molecule has 3 aliphatic heterocycles. The second kappa shape index (κ2) is 15.9. The number of nitrogens with one attached hydrogen (secondary N) is 3.